The van der Waals surface area contributed by atoms with Gasteiger partial charge < -0.3 is 15.0 Å². The first-order valence-corrected chi connectivity index (χ1v) is 10.6. The van der Waals surface area contributed by atoms with Crippen molar-refractivity contribution in [3.63, 3.8) is 0 Å². The monoisotopic (exact) mass is 514 g/mol. The first-order chi connectivity index (χ1) is 13.4. The van der Waals surface area contributed by atoms with Gasteiger partial charge in [-0.1, -0.05) is 30.7 Å². The molecule has 0 aliphatic carbocycles. The molecule has 0 bridgehead atoms. The van der Waals surface area contributed by atoms with E-state index >= 15 is 0 Å². The van der Waals surface area contributed by atoms with Crippen molar-refractivity contribution >= 4 is 46.0 Å². The summed E-state index contributed by atoms with van der Waals surface area (Å²) in [7, 11) is 0. The highest BCUT2D eigenvalue weighted by molar-refractivity contribution is 14.1. The first kappa shape index (κ1) is 22.5. The fraction of sp³-hybridized carbons (Fsp3) is 0.333. The quantitative estimate of drug-likeness (QED) is 0.509. The zero-order valence-electron chi connectivity index (χ0n) is 16.0. The molecule has 0 aromatic heterocycles. The van der Waals surface area contributed by atoms with Crippen LogP contribution in [0.1, 0.15) is 25.8 Å². The molecule has 0 heterocycles. The van der Waals surface area contributed by atoms with Crippen molar-refractivity contribution in [2.75, 3.05) is 13.2 Å². The fourth-order valence-corrected chi connectivity index (χ4v) is 3.01. The van der Waals surface area contributed by atoms with Crippen LogP contribution in [0, 0.1) is 3.57 Å². The molecule has 0 saturated carbocycles. The normalized spacial score (nSPS) is 11.6. The van der Waals surface area contributed by atoms with Crippen molar-refractivity contribution in [1.82, 2.24) is 10.2 Å². The van der Waals surface area contributed by atoms with E-state index < -0.39 is 6.04 Å². The van der Waals surface area contributed by atoms with Gasteiger partial charge in [-0.25, -0.2) is 0 Å². The van der Waals surface area contributed by atoms with Crippen LogP contribution in [-0.2, 0) is 16.1 Å². The maximum absolute atomic E-state index is 12.9. The molecule has 28 heavy (non-hydrogen) atoms. The van der Waals surface area contributed by atoms with Gasteiger partial charge in [0.1, 0.15) is 11.8 Å². The van der Waals surface area contributed by atoms with Crippen molar-refractivity contribution in [2.24, 2.45) is 0 Å². The van der Waals surface area contributed by atoms with E-state index in [1.807, 2.05) is 43.3 Å². The Bertz CT molecular complexity index is 781. The van der Waals surface area contributed by atoms with Crippen LogP contribution in [0.15, 0.2) is 48.5 Å². The van der Waals surface area contributed by atoms with Crippen molar-refractivity contribution in [3.8, 4) is 5.75 Å². The number of nitrogens with one attached hydrogen (secondary N) is 1. The zero-order chi connectivity index (χ0) is 20.5. The second kappa shape index (κ2) is 11.3. The Labute approximate surface area is 184 Å². The number of carbonyl (C=O) groups excluding carboxylic acids is 2. The summed E-state index contributed by atoms with van der Waals surface area (Å²) in [6.07, 6.45) is 0.833. The minimum Gasteiger partial charge on any atom is -0.484 e. The lowest BCUT2D eigenvalue weighted by Gasteiger charge is -2.28. The topological polar surface area (TPSA) is 58.6 Å². The summed E-state index contributed by atoms with van der Waals surface area (Å²) < 4.78 is 6.71. The SMILES string of the molecule is CCCNC(=O)[C@H](C)N(Cc1ccc(Cl)cc1)C(=O)COc1ccc(I)cc1. The summed E-state index contributed by atoms with van der Waals surface area (Å²) in [6.45, 7) is 4.44. The van der Waals surface area contributed by atoms with E-state index in [4.69, 9.17) is 16.3 Å². The summed E-state index contributed by atoms with van der Waals surface area (Å²) in [5.41, 5.74) is 0.891. The fourth-order valence-electron chi connectivity index (χ4n) is 2.52. The summed E-state index contributed by atoms with van der Waals surface area (Å²) in [5.74, 6) is 0.175. The maximum Gasteiger partial charge on any atom is 0.261 e. The van der Waals surface area contributed by atoms with Gasteiger partial charge in [-0.2, -0.15) is 0 Å². The number of carbonyl (C=O) groups is 2. The van der Waals surface area contributed by atoms with E-state index in [1.165, 1.54) is 4.90 Å². The molecule has 0 aliphatic rings. The van der Waals surface area contributed by atoms with E-state index in [1.54, 1.807) is 19.1 Å². The van der Waals surface area contributed by atoms with Crippen molar-refractivity contribution in [3.05, 3.63) is 62.7 Å². The minimum absolute atomic E-state index is 0.139. The number of halogens is 2. The number of hydrogen-bond acceptors (Lipinski definition) is 3. The number of nitrogens with zero attached hydrogens (tertiary/aromatic N) is 1. The molecule has 2 rings (SSSR count). The molecule has 0 fully saturated rings. The zero-order valence-corrected chi connectivity index (χ0v) is 18.9. The van der Waals surface area contributed by atoms with Crippen LogP contribution >= 0.6 is 34.2 Å². The molecule has 5 nitrogen and oxygen atoms in total. The molecular formula is C21H24ClIN2O3. The maximum atomic E-state index is 12.9. The lowest BCUT2D eigenvalue weighted by molar-refractivity contribution is -0.142. The second-order valence-corrected chi connectivity index (χ2v) is 8.04. The van der Waals surface area contributed by atoms with Gasteiger partial charge in [-0.05, 0) is 77.9 Å². The predicted molar refractivity (Wildman–Crippen MR) is 119 cm³/mol. The van der Waals surface area contributed by atoms with E-state index in [9.17, 15) is 9.59 Å². The molecule has 0 spiro atoms. The number of hydrogen-bond donors (Lipinski definition) is 1. The molecule has 2 aromatic carbocycles. The number of rotatable bonds is 9. The molecule has 150 valence electrons. The van der Waals surface area contributed by atoms with Crippen molar-refractivity contribution < 1.29 is 14.3 Å². The van der Waals surface area contributed by atoms with Crippen molar-refractivity contribution in [2.45, 2.75) is 32.9 Å². The van der Waals surface area contributed by atoms with Crippen LogP contribution in [0.3, 0.4) is 0 Å². The second-order valence-electron chi connectivity index (χ2n) is 6.36. The van der Waals surface area contributed by atoms with Gasteiger partial charge in [0.25, 0.3) is 5.91 Å². The first-order valence-electron chi connectivity index (χ1n) is 9.10. The predicted octanol–water partition coefficient (Wildman–Crippen LogP) is 4.27. The van der Waals surface area contributed by atoms with E-state index in [0.717, 1.165) is 15.6 Å². The Morgan fingerprint density at radius 2 is 1.79 bits per heavy atom. The lowest BCUT2D eigenvalue weighted by atomic mass is 10.1. The highest BCUT2D eigenvalue weighted by Gasteiger charge is 2.26. The molecule has 1 N–H and O–H groups in total. The largest absolute Gasteiger partial charge is 0.484 e. The smallest absolute Gasteiger partial charge is 0.261 e. The van der Waals surface area contributed by atoms with E-state index in [2.05, 4.69) is 27.9 Å². The average Bonchev–Trinajstić information content (AvgIpc) is 2.70. The van der Waals surface area contributed by atoms with Crippen LogP contribution in [0.2, 0.25) is 5.02 Å². The Morgan fingerprint density at radius 1 is 1.14 bits per heavy atom. The average molecular weight is 515 g/mol. The van der Waals surface area contributed by atoms with Crippen LogP contribution in [0.5, 0.6) is 5.75 Å². The number of ether oxygens (including phenoxy) is 1. The highest BCUT2D eigenvalue weighted by Crippen LogP contribution is 2.16. The van der Waals surface area contributed by atoms with Gasteiger partial charge in [-0.3, -0.25) is 9.59 Å². The standard InChI is InChI=1S/C21H24ClIN2O3/c1-3-12-24-21(27)15(2)25(13-16-4-6-17(22)7-5-16)20(26)14-28-19-10-8-18(23)9-11-19/h4-11,15H,3,12-14H2,1-2H3,(H,24,27)/t15-/m0/s1. The van der Waals surface area contributed by atoms with Crippen molar-refractivity contribution in [1.29, 1.82) is 0 Å². The number of benzene rings is 2. The van der Waals surface area contributed by atoms with Crippen LogP contribution < -0.4 is 10.1 Å². The molecule has 0 aliphatic heterocycles. The molecule has 0 radical (unpaired) electrons. The van der Waals surface area contributed by atoms with Gasteiger partial charge in [0, 0.05) is 21.7 Å². The summed E-state index contributed by atoms with van der Waals surface area (Å²) >= 11 is 8.15. The molecule has 7 heteroatoms. The highest BCUT2D eigenvalue weighted by atomic mass is 127. The van der Waals surface area contributed by atoms with Gasteiger partial charge in [0.2, 0.25) is 5.91 Å². The van der Waals surface area contributed by atoms with Gasteiger partial charge in [-0.15, -0.1) is 0 Å². The third kappa shape index (κ3) is 6.98. The van der Waals surface area contributed by atoms with Crippen LogP contribution in [-0.4, -0.2) is 35.9 Å². The van der Waals surface area contributed by atoms with Gasteiger partial charge in [0.05, 0.1) is 0 Å². The Balaban J connectivity index is 2.10. The van der Waals surface area contributed by atoms with Crippen LogP contribution in [0.4, 0.5) is 0 Å². The van der Waals surface area contributed by atoms with E-state index in [0.29, 0.717) is 23.9 Å². The van der Waals surface area contributed by atoms with Crippen LogP contribution in [0.25, 0.3) is 0 Å². The molecule has 0 unspecified atom stereocenters. The van der Waals surface area contributed by atoms with Gasteiger partial charge in [0.15, 0.2) is 6.61 Å². The molecule has 2 aromatic rings. The van der Waals surface area contributed by atoms with Gasteiger partial charge >= 0.3 is 0 Å². The summed E-state index contributed by atoms with van der Waals surface area (Å²) in [5, 5.41) is 3.47. The lowest BCUT2D eigenvalue weighted by Crippen LogP contribution is -2.49. The Morgan fingerprint density at radius 3 is 2.39 bits per heavy atom. The Kier molecular flexibility index (Phi) is 9.05. The summed E-state index contributed by atoms with van der Waals surface area (Å²) in [4.78, 5) is 26.8. The third-order valence-corrected chi connectivity index (χ3v) is 5.13. The Hall–Kier alpha value is -1.80. The number of amides is 2. The minimum atomic E-state index is -0.616. The summed E-state index contributed by atoms with van der Waals surface area (Å²) in [6, 6.07) is 14.1. The molecule has 2 amide bonds. The van der Waals surface area contributed by atoms with E-state index in [-0.39, 0.29) is 18.4 Å². The third-order valence-electron chi connectivity index (χ3n) is 4.16. The molecule has 1 atom stereocenters. The molecule has 0 saturated heterocycles. The molecular weight excluding hydrogens is 491 g/mol.